The third-order valence-electron chi connectivity index (χ3n) is 3.97. The summed E-state index contributed by atoms with van der Waals surface area (Å²) in [5.41, 5.74) is 1.30. The standard InChI is InChI=1S/C18H21N3O3/c1-2-24-16-6-4-3-5-14(16)18(23)19-9-10-21-12-20-15(11-17(21)22)13-7-8-13/h3-6,11-13H,2,7-10H2,1H3,(H,19,23). The fourth-order valence-electron chi connectivity index (χ4n) is 2.53. The van der Waals surface area contributed by atoms with Gasteiger partial charge in [0.05, 0.1) is 24.2 Å². The summed E-state index contributed by atoms with van der Waals surface area (Å²) in [6, 6.07) is 8.71. The quantitative estimate of drug-likeness (QED) is 0.843. The lowest BCUT2D eigenvalue weighted by atomic mass is 10.2. The predicted octanol–water partition coefficient (Wildman–Crippen LogP) is 1.95. The smallest absolute Gasteiger partial charge is 0.255 e. The number of rotatable bonds is 7. The lowest BCUT2D eigenvalue weighted by Crippen LogP contribution is -2.31. The van der Waals surface area contributed by atoms with Crippen molar-refractivity contribution in [1.82, 2.24) is 14.9 Å². The second kappa shape index (κ2) is 7.29. The first kappa shape index (κ1) is 16.2. The van der Waals surface area contributed by atoms with Crippen LogP contribution >= 0.6 is 0 Å². The maximum Gasteiger partial charge on any atom is 0.255 e. The van der Waals surface area contributed by atoms with Gasteiger partial charge in [0.15, 0.2) is 0 Å². The molecule has 2 aromatic rings. The van der Waals surface area contributed by atoms with Crippen LogP contribution < -0.4 is 15.6 Å². The number of ether oxygens (including phenoxy) is 1. The minimum Gasteiger partial charge on any atom is -0.493 e. The van der Waals surface area contributed by atoms with Crippen molar-refractivity contribution in [2.75, 3.05) is 13.2 Å². The van der Waals surface area contributed by atoms with Gasteiger partial charge in [0.2, 0.25) is 0 Å². The van der Waals surface area contributed by atoms with E-state index in [-0.39, 0.29) is 11.5 Å². The highest BCUT2D eigenvalue weighted by molar-refractivity contribution is 5.96. The van der Waals surface area contributed by atoms with E-state index in [0.29, 0.717) is 36.9 Å². The number of amides is 1. The van der Waals surface area contributed by atoms with E-state index in [1.165, 1.54) is 4.57 Å². The van der Waals surface area contributed by atoms with Crippen molar-refractivity contribution in [3.05, 3.63) is 58.3 Å². The summed E-state index contributed by atoms with van der Waals surface area (Å²) in [7, 11) is 0. The summed E-state index contributed by atoms with van der Waals surface area (Å²) in [5.74, 6) is 0.807. The summed E-state index contributed by atoms with van der Waals surface area (Å²) >= 11 is 0. The van der Waals surface area contributed by atoms with Crippen molar-refractivity contribution in [3.63, 3.8) is 0 Å². The molecule has 0 spiro atoms. The number of aromatic nitrogens is 2. The van der Waals surface area contributed by atoms with Gasteiger partial charge in [-0.15, -0.1) is 0 Å². The molecule has 0 bridgehead atoms. The number of nitrogens with zero attached hydrogens (tertiary/aromatic N) is 2. The van der Waals surface area contributed by atoms with Gasteiger partial charge in [-0.3, -0.25) is 14.2 Å². The molecule has 1 amide bonds. The average Bonchev–Trinajstić information content (AvgIpc) is 3.42. The molecule has 1 fully saturated rings. The zero-order chi connectivity index (χ0) is 16.9. The molecule has 1 N–H and O–H groups in total. The third kappa shape index (κ3) is 3.82. The van der Waals surface area contributed by atoms with Crippen LogP contribution in [0.4, 0.5) is 0 Å². The third-order valence-corrected chi connectivity index (χ3v) is 3.97. The van der Waals surface area contributed by atoms with Gasteiger partial charge in [-0.1, -0.05) is 12.1 Å². The molecule has 0 atom stereocenters. The molecular formula is C18H21N3O3. The van der Waals surface area contributed by atoms with Crippen LogP contribution in [0.1, 0.15) is 41.7 Å². The number of carbonyl (C=O) groups excluding carboxylic acids is 1. The van der Waals surface area contributed by atoms with E-state index >= 15 is 0 Å². The lowest BCUT2D eigenvalue weighted by Gasteiger charge is -2.11. The number of hydrogen-bond acceptors (Lipinski definition) is 4. The van der Waals surface area contributed by atoms with E-state index in [9.17, 15) is 9.59 Å². The summed E-state index contributed by atoms with van der Waals surface area (Å²) < 4.78 is 6.97. The molecule has 3 rings (SSSR count). The highest BCUT2D eigenvalue weighted by atomic mass is 16.5. The van der Waals surface area contributed by atoms with E-state index in [0.717, 1.165) is 18.5 Å². The lowest BCUT2D eigenvalue weighted by molar-refractivity contribution is 0.0948. The fraction of sp³-hybridized carbons (Fsp3) is 0.389. The Kier molecular flexibility index (Phi) is 4.93. The van der Waals surface area contributed by atoms with Gasteiger partial charge < -0.3 is 10.1 Å². The summed E-state index contributed by atoms with van der Waals surface area (Å²) in [6.07, 6.45) is 3.80. The first-order chi connectivity index (χ1) is 11.7. The number of benzene rings is 1. The van der Waals surface area contributed by atoms with Crippen molar-refractivity contribution < 1.29 is 9.53 Å². The van der Waals surface area contributed by atoms with Crippen molar-refractivity contribution in [2.45, 2.75) is 32.2 Å². The molecule has 0 unspecified atom stereocenters. The molecule has 1 aromatic carbocycles. The topological polar surface area (TPSA) is 73.2 Å². The van der Waals surface area contributed by atoms with Crippen molar-refractivity contribution in [3.8, 4) is 5.75 Å². The average molecular weight is 327 g/mol. The van der Waals surface area contributed by atoms with E-state index in [4.69, 9.17) is 4.74 Å². The molecule has 1 aromatic heterocycles. The molecule has 126 valence electrons. The van der Waals surface area contributed by atoms with Crippen LogP contribution in [0.5, 0.6) is 5.75 Å². The van der Waals surface area contributed by atoms with E-state index in [1.54, 1.807) is 30.6 Å². The van der Waals surface area contributed by atoms with Gasteiger partial charge in [-0.25, -0.2) is 4.98 Å². The maximum absolute atomic E-state index is 12.3. The van der Waals surface area contributed by atoms with E-state index in [2.05, 4.69) is 10.3 Å². The van der Waals surface area contributed by atoms with E-state index in [1.807, 2.05) is 13.0 Å². The number of para-hydroxylation sites is 1. The van der Waals surface area contributed by atoms with Crippen LogP contribution in [0, 0.1) is 0 Å². The molecule has 6 heteroatoms. The highest BCUT2D eigenvalue weighted by Crippen LogP contribution is 2.38. The Balaban J connectivity index is 1.58. The molecule has 1 heterocycles. The highest BCUT2D eigenvalue weighted by Gasteiger charge is 2.25. The van der Waals surface area contributed by atoms with Crippen LogP contribution in [-0.4, -0.2) is 28.6 Å². The van der Waals surface area contributed by atoms with Gasteiger partial charge in [-0.05, 0) is 31.9 Å². The summed E-state index contributed by atoms with van der Waals surface area (Å²) in [6.45, 7) is 3.11. The molecule has 0 saturated heterocycles. The van der Waals surface area contributed by atoms with Crippen LogP contribution in [0.25, 0.3) is 0 Å². The largest absolute Gasteiger partial charge is 0.493 e. The molecule has 1 aliphatic carbocycles. The number of nitrogens with one attached hydrogen (secondary N) is 1. The summed E-state index contributed by atoms with van der Waals surface area (Å²) in [4.78, 5) is 28.6. The molecular weight excluding hydrogens is 306 g/mol. The van der Waals surface area contributed by atoms with Gasteiger partial charge in [0.25, 0.3) is 11.5 Å². The van der Waals surface area contributed by atoms with Crippen molar-refractivity contribution in [1.29, 1.82) is 0 Å². The second-order valence-electron chi connectivity index (χ2n) is 5.80. The molecule has 1 aliphatic rings. The second-order valence-corrected chi connectivity index (χ2v) is 5.80. The number of carbonyl (C=O) groups is 1. The van der Waals surface area contributed by atoms with Gasteiger partial charge >= 0.3 is 0 Å². The van der Waals surface area contributed by atoms with Crippen LogP contribution in [0.3, 0.4) is 0 Å². The first-order valence-electron chi connectivity index (χ1n) is 8.25. The minimum atomic E-state index is -0.213. The van der Waals surface area contributed by atoms with Crippen LogP contribution in [0.2, 0.25) is 0 Å². The predicted molar refractivity (Wildman–Crippen MR) is 90.4 cm³/mol. The van der Waals surface area contributed by atoms with Gasteiger partial charge in [0.1, 0.15) is 5.75 Å². The Hall–Kier alpha value is -2.63. The van der Waals surface area contributed by atoms with Gasteiger partial charge in [0, 0.05) is 25.1 Å². The van der Waals surface area contributed by atoms with Crippen molar-refractivity contribution in [2.24, 2.45) is 0 Å². The van der Waals surface area contributed by atoms with Crippen LogP contribution in [0.15, 0.2) is 41.5 Å². The Morgan fingerprint density at radius 2 is 2.17 bits per heavy atom. The Morgan fingerprint density at radius 1 is 1.38 bits per heavy atom. The fourth-order valence-corrected chi connectivity index (χ4v) is 2.53. The van der Waals surface area contributed by atoms with Gasteiger partial charge in [-0.2, -0.15) is 0 Å². The molecule has 0 aliphatic heterocycles. The minimum absolute atomic E-state index is 0.0733. The number of hydrogen-bond donors (Lipinski definition) is 1. The SMILES string of the molecule is CCOc1ccccc1C(=O)NCCn1cnc(C2CC2)cc1=O. The molecule has 1 saturated carbocycles. The maximum atomic E-state index is 12.3. The zero-order valence-corrected chi connectivity index (χ0v) is 13.7. The Bertz CT molecular complexity index is 781. The molecule has 24 heavy (non-hydrogen) atoms. The van der Waals surface area contributed by atoms with E-state index < -0.39 is 0 Å². The Labute approximate surface area is 140 Å². The Morgan fingerprint density at radius 3 is 2.88 bits per heavy atom. The normalized spacial score (nSPS) is 13.5. The zero-order valence-electron chi connectivity index (χ0n) is 13.7. The monoisotopic (exact) mass is 327 g/mol. The molecule has 0 radical (unpaired) electrons. The summed E-state index contributed by atoms with van der Waals surface area (Å²) in [5, 5.41) is 2.82. The molecule has 6 nitrogen and oxygen atoms in total. The van der Waals surface area contributed by atoms with Crippen molar-refractivity contribution >= 4 is 5.91 Å². The van der Waals surface area contributed by atoms with Crippen LogP contribution in [-0.2, 0) is 6.54 Å². The first-order valence-corrected chi connectivity index (χ1v) is 8.25.